The van der Waals surface area contributed by atoms with Crippen molar-refractivity contribution < 1.29 is 42.3 Å². The molecule has 5 rings (SSSR count). The molecule has 2 aliphatic rings. The topological polar surface area (TPSA) is 132 Å². The lowest BCUT2D eigenvalue weighted by atomic mass is 9.92. The van der Waals surface area contributed by atoms with Gasteiger partial charge < -0.3 is 27.9 Å². The summed E-state index contributed by atoms with van der Waals surface area (Å²) in [6, 6.07) is 24.7. The van der Waals surface area contributed by atoms with Crippen LogP contribution in [0.1, 0.15) is 79.0 Å². The molecule has 1 saturated heterocycles. The van der Waals surface area contributed by atoms with Crippen LogP contribution in [0.2, 0.25) is 18.1 Å². The molecule has 10 nitrogen and oxygen atoms in total. The van der Waals surface area contributed by atoms with Gasteiger partial charge in [-0.05, 0) is 81.7 Å². The Hall–Kier alpha value is -3.43. The number of thioether (sulfide) groups is 1. The molecule has 2 unspecified atom stereocenters. The average Bonchev–Trinajstić information content (AvgIpc) is 3.16. The number of carbonyl (C=O) groups is 3. The maximum Gasteiger partial charge on any atom is 0.338 e. The third kappa shape index (κ3) is 11.4. The Morgan fingerprint density at radius 1 is 0.768 bits per heavy atom. The Labute approximate surface area is 339 Å². The quantitative estimate of drug-likeness (QED) is 0.0661. The van der Waals surface area contributed by atoms with Gasteiger partial charge in [0.1, 0.15) is 16.3 Å². The summed E-state index contributed by atoms with van der Waals surface area (Å²) >= 11 is -0.177. The minimum absolute atomic E-state index is 0.00433. The Balaban J connectivity index is 1.62. The fourth-order valence-corrected chi connectivity index (χ4v) is 9.05. The number of hydrogen-bond donors (Lipinski definition) is 1. The molecule has 0 radical (unpaired) electrons. The van der Waals surface area contributed by atoms with Crippen LogP contribution in [0.5, 0.6) is 0 Å². The molecule has 0 amide bonds. The first-order chi connectivity index (χ1) is 26.4. The van der Waals surface area contributed by atoms with E-state index in [1.54, 1.807) is 91.0 Å². The highest BCUT2D eigenvalue weighted by molar-refractivity contribution is 7.99. The number of carbonyl (C=O) groups excluding carboxylic acids is 3. The van der Waals surface area contributed by atoms with Crippen LogP contribution in [0.25, 0.3) is 0 Å². The molecule has 302 valence electrons. The van der Waals surface area contributed by atoms with Gasteiger partial charge in [0.05, 0.1) is 22.7 Å². The van der Waals surface area contributed by atoms with Crippen molar-refractivity contribution in [2.24, 2.45) is 5.92 Å². The van der Waals surface area contributed by atoms with Crippen LogP contribution >= 0.6 is 11.8 Å². The molecule has 1 fully saturated rings. The van der Waals surface area contributed by atoms with Gasteiger partial charge in [-0.3, -0.25) is 0 Å². The summed E-state index contributed by atoms with van der Waals surface area (Å²) in [5.74, 6) is -1.60. The van der Waals surface area contributed by atoms with E-state index >= 15 is 0 Å². The summed E-state index contributed by atoms with van der Waals surface area (Å²) in [5.41, 5.74) is -0.0881. The molecule has 0 saturated carbocycles. The van der Waals surface area contributed by atoms with Crippen molar-refractivity contribution in [3.8, 4) is 0 Å². The Morgan fingerprint density at radius 3 is 1.70 bits per heavy atom. The standard InChI is InChI=1S/C43H55NO9S2Si/c1-42(2,3)55(48)44-33-26-18-19-29(27-49-56(7,8)43(4,5)6)28-54-41-37(52-40(47)32-24-16-11-17-25-32)36(51-39(46)31-22-14-10-15-23-31)35(34(33)53-41)50-38(45)30-20-12-9-13-21-30/h9-25,29,33-37,41,44H,26-28H2,1-8H3/b19-18+/t29?,33-,34-,35+,36+,37-,41-,55?/m1/s1. The van der Waals surface area contributed by atoms with Crippen molar-refractivity contribution in [3.63, 3.8) is 0 Å². The highest BCUT2D eigenvalue weighted by Gasteiger charge is 2.56. The average molecular weight is 822 g/mol. The van der Waals surface area contributed by atoms with Crippen molar-refractivity contribution in [2.45, 2.75) is 107 Å². The zero-order valence-corrected chi connectivity index (χ0v) is 36.1. The molecule has 2 heterocycles. The zero-order chi connectivity index (χ0) is 40.7. The van der Waals surface area contributed by atoms with Crippen molar-refractivity contribution in [3.05, 3.63) is 120 Å². The number of nitrogens with one attached hydrogen (secondary N) is 1. The fraction of sp³-hybridized carbons (Fsp3) is 0.465. The van der Waals surface area contributed by atoms with E-state index < -0.39 is 78.2 Å². The lowest BCUT2D eigenvalue weighted by Gasteiger charge is -2.47. The molecule has 56 heavy (non-hydrogen) atoms. The zero-order valence-electron chi connectivity index (χ0n) is 33.5. The number of ether oxygens (including phenoxy) is 4. The van der Waals surface area contributed by atoms with E-state index in [0.717, 1.165) is 0 Å². The SMILES string of the molecule is CC(C)(C)[S+]([O-])N[C@@H]1C/C=C/C(CO[Si](C)(C)C(C)(C)C)CS[C@H]2O[C@H]1[C@H](OC(=O)c1ccccc1)[C@H](OC(=O)c1ccccc1)[C@H]2OC(=O)c1ccccc1. The molecule has 13 heteroatoms. The fourth-order valence-electron chi connectivity index (χ4n) is 5.88. The highest BCUT2D eigenvalue weighted by atomic mass is 32.2. The van der Waals surface area contributed by atoms with E-state index in [1.807, 2.05) is 26.8 Å². The molecule has 3 aromatic rings. The van der Waals surface area contributed by atoms with E-state index in [4.69, 9.17) is 23.4 Å². The van der Waals surface area contributed by atoms with Crippen molar-refractivity contribution in [1.29, 1.82) is 0 Å². The third-order valence-electron chi connectivity index (χ3n) is 10.2. The molecule has 0 aliphatic carbocycles. The number of benzene rings is 3. The summed E-state index contributed by atoms with van der Waals surface area (Å²) in [5, 5.41) is 0.00433. The van der Waals surface area contributed by atoms with E-state index in [-0.39, 0.29) is 27.6 Å². The molecule has 0 spiro atoms. The summed E-state index contributed by atoms with van der Waals surface area (Å²) in [4.78, 5) is 41.8. The normalized spacial score (nSPS) is 25.6. The molecule has 0 aromatic heterocycles. The monoisotopic (exact) mass is 821 g/mol. The second kappa shape index (κ2) is 18.9. The van der Waals surface area contributed by atoms with Crippen LogP contribution < -0.4 is 4.72 Å². The van der Waals surface area contributed by atoms with Gasteiger partial charge in [-0.2, -0.15) is 0 Å². The largest absolute Gasteiger partial charge is 0.598 e. The first-order valence-electron chi connectivity index (χ1n) is 19.0. The lowest BCUT2D eigenvalue weighted by Crippen LogP contribution is -2.66. The molecule has 1 N–H and O–H groups in total. The van der Waals surface area contributed by atoms with E-state index in [1.165, 1.54) is 11.8 Å². The number of esters is 3. The van der Waals surface area contributed by atoms with Gasteiger partial charge in [0.2, 0.25) is 0 Å². The van der Waals surface area contributed by atoms with Crippen molar-refractivity contribution in [1.82, 2.24) is 4.72 Å². The van der Waals surface area contributed by atoms with Crippen LogP contribution in [-0.2, 0) is 34.7 Å². The summed E-state index contributed by atoms with van der Waals surface area (Å²) in [7, 11) is -2.11. The maximum atomic E-state index is 14.0. The summed E-state index contributed by atoms with van der Waals surface area (Å²) in [6.45, 7) is 17.0. The summed E-state index contributed by atoms with van der Waals surface area (Å²) < 4.78 is 48.9. The van der Waals surface area contributed by atoms with Crippen molar-refractivity contribution in [2.75, 3.05) is 12.4 Å². The van der Waals surface area contributed by atoms with Gasteiger partial charge >= 0.3 is 17.9 Å². The van der Waals surface area contributed by atoms with Gasteiger partial charge in [-0.25, -0.2) is 14.4 Å². The Bertz CT molecular complexity index is 1780. The predicted molar refractivity (Wildman–Crippen MR) is 223 cm³/mol. The Kier molecular flexibility index (Phi) is 14.7. The van der Waals surface area contributed by atoms with Crippen LogP contribution in [0, 0.1) is 5.92 Å². The third-order valence-corrected chi connectivity index (χ3v) is 17.7. The lowest BCUT2D eigenvalue weighted by molar-refractivity contribution is -0.205. The van der Waals surface area contributed by atoms with Gasteiger partial charge in [0, 0.05) is 29.6 Å². The molecule has 2 aliphatic heterocycles. The van der Waals surface area contributed by atoms with E-state index in [0.29, 0.717) is 18.8 Å². The minimum atomic E-state index is -2.11. The predicted octanol–water partition coefficient (Wildman–Crippen LogP) is 8.14. The van der Waals surface area contributed by atoms with Crippen LogP contribution in [0.4, 0.5) is 0 Å². The van der Waals surface area contributed by atoms with Crippen LogP contribution in [0.3, 0.4) is 0 Å². The number of fused-ring (bicyclic) bond motifs is 2. The van der Waals surface area contributed by atoms with Crippen molar-refractivity contribution >= 4 is 49.3 Å². The molecule has 8 atom stereocenters. The maximum absolute atomic E-state index is 14.0. The Morgan fingerprint density at radius 2 is 1.23 bits per heavy atom. The second-order valence-corrected chi connectivity index (χ2v) is 24.5. The van der Waals surface area contributed by atoms with E-state index in [9.17, 15) is 18.9 Å². The van der Waals surface area contributed by atoms with Gasteiger partial charge in [-0.15, -0.1) is 16.5 Å². The van der Waals surface area contributed by atoms with Crippen LogP contribution in [0.15, 0.2) is 103 Å². The van der Waals surface area contributed by atoms with Gasteiger partial charge in [-0.1, -0.05) is 87.5 Å². The molecular formula is C43H55NO9S2Si. The number of rotatable bonds is 11. The van der Waals surface area contributed by atoms with Crippen LogP contribution in [-0.4, -0.2) is 83.8 Å². The minimum Gasteiger partial charge on any atom is -0.598 e. The summed E-state index contributed by atoms with van der Waals surface area (Å²) in [6.07, 6.45) is -0.422. The van der Waals surface area contributed by atoms with E-state index in [2.05, 4.69) is 44.7 Å². The number of hydrogen-bond acceptors (Lipinski definition) is 11. The first kappa shape index (κ1) is 43.7. The smallest absolute Gasteiger partial charge is 0.338 e. The van der Waals surface area contributed by atoms with Gasteiger partial charge in [0.25, 0.3) is 0 Å². The molecular weight excluding hydrogens is 767 g/mol. The molecule has 2 bridgehead atoms. The highest BCUT2D eigenvalue weighted by Crippen LogP contribution is 2.40. The van der Waals surface area contributed by atoms with Gasteiger partial charge in [0.15, 0.2) is 26.6 Å². The second-order valence-electron chi connectivity index (χ2n) is 16.6. The first-order valence-corrected chi connectivity index (χ1v) is 24.1. The molecule has 3 aromatic carbocycles.